The molecule has 104 valence electrons. The summed E-state index contributed by atoms with van der Waals surface area (Å²) in [6.07, 6.45) is 1.03. The van der Waals surface area contributed by atoms with Crippen molar-refractivity contribution in [2.24, 2.45) is 0 Å². The van der Waals surface area contributed by atoms with Gasteiger partial charge >= 0.3 is 0 Å². The number of rotatable bonds is 4. The maximum Gasteiger partial charge on any atom is 0.0731 e. The van der Waals surface area contributed by atoms with E-state index in [-0.39, 0.29) is 0 Å². The van der Waals surface area contributed by atoms with Gasteiger partial charge in [-0.05, 0) is 70.3 Å². The van der Waals surface area contributed by atoms with Gasteiger partial charge in [-0.15, -0.1) is 22.7 Å². The predicted molar refractivity (Wildman–Crippen MR) is 94.1 cm³/mol. The second kappa shape index (κ2) is 5.98. The fraction of sp³-hybridized carbons (Fsp3) is 0.250. The Balaban J connectivity index is 1.91. The van der Waals surface area contributed by atoms with Crippen LogP contribution in [0.2, 0.25) is 0 Å². The molecule has 1 aromatic carbocycles. The molecule has 1 atom stereocenters. The van der Waals surface area contributed by atoms with E-state index in [2.05, 4.69) is 63.9 Å². The standard InChI is InChI=1S/C16H16BrNS2/c1-10-7-15(20-16(10)17)13(18-2)8-11-9-19-14-6-4-3-5-12(11)14/h3-7,9,13,18H,8H2,1-2H3. The lowest BCUT2D eigenvalue weighted by molar-refractivity contribution is 0.604. The van der Waals surface area contributed by atoms with Crippen molar-refractivity contribution in [3.8, 4) is 0 Å². The van der Waals surface area contributed by atoms with E-state index in [1.807, 2.05) is 29.7 Å². The van der Waals surface area contributed by atoms with E-state index < -0.39 is 0 Å². The lowest BCUT2D eigenvalue weighted by atomic mass is 10.0. The van der Waals surface area contributed by atoms with E-state index in [1.54, 1.807) is 0 Å². The third kappa shape index (κ3) is 2.70. The summed E-state index contributed by atoms with van der Waals surface area (Å²) in [5.74, 6) is 0. The first-order chi connectivity index (χ1) is 9.69. The van der Waals surface area contributed by atoms with Gasteiger partial charge in [-0.3, -0.25) is 0 Å². The van der Waals surface area contributed by atoms with Crippen LogP contribution in [0.15, 0.2) is 39.5 Å². The van der Waals surface area contributed by atoms with Gasteiger partial charge in [-0.1, -0.05) is 18.2 Å². The summed E-state index contributed by atoms with van der Waals surface area (Å²) < 4.78 is 2.61. The molecule has 0 radical (unpaired) electrons. The van der Waals surface area contributed by atoms with Crippen LogP contribution < -0.4 is 5.32 Å². The summed E-state index contributed by atoms with van der Waals surface area (Å²) in [4.78, 5) is 1.40. The van der Waals surface area contributed by atoms with E-state index in [9.17, 15) is 0 Å². The topological polar surface area (TPSA) is 12.0 Å². The Morgan fingerprint density at radius 1 is 1.30 bits per heavy atom. The maximum atomic E-state index is 3.62. The van der Waals surface area contributed by atoms with E-state index in [4.69, 9.17) is 0 Å². The zero-order valence-electron chi connectivity index (χ0n) is 11.4. The van der Waals surface area contributed by atoms with Crippen molar-refractivity contribution in [2.75, 3.05) is 7.05 Å². The molecule has 0 fully saturated rings. The normalized spacial score (nSPS) is 12.9. The van der Waals surface area contributed by atoms with Crippen LogP contribution in [-0.4, -0.2) is 7.05 Å². The highest BCUT2D eigenvalue weighted by molar-refractivity contribution is 9.11. The van der Waals surface area contributed by atoms with Crippen molar-refractivity contribution in [2.45, 2.75) is 19.4 Å². The Bertz CT molecular complexity index is 709. The Kier molecular flexibility index (Phi) is 4.26. The van der Waals surface area contributed by atoms with Crippen LogP contribution in [0.1, 0.15) is 22.0 Å². The fourth-order valence-corrected chi connectivity index (χ4v) is 5.07. The molecule has 1 N–H and O–H groups in total. The minimum Gasteiger partial charge on any atom is -0.312 e. The number of aryl methyl sites for hydroxylation is 1. The highest BCUT2D eigenvalue weighted by Gasteiger charge is 2.16. The van der Waals surface area contributed by atoms with Crippen LogP contribution in [0.5, 0.6) is 0 Å². The van der Waals surface area contributed by atoms with Gasteiger partial charge in [0.2, 0.25) is 0 Å². The molecule has 2 aromatic heterocycles. The van der Waals surface area contributed by atoms with Crippen molar-refractivity contribution in [1.82, 2.24) is 5.32 Å². The van der Waals surface area contributed by atoms with Gasteiger partial charge in [0.25, 0.3) is 0 Å². The Morgan fingerprint density at radius 2 is 2.10 bits per heavy atom. The van der Waals surface area contributed by atoms with Crippen LogP contribution in [-0.2, 0) is 6.42 Å². The van der Waals surface area contributed by atoms with Gasteiger partial charge in [0.05, 0.1) is 3.79 Å². The molecule has 0 aliphatic heterocycles. The average Bonchev–Trinajstić information content (AvgIpc) is 3.01. The molecular weight excluding hydrogens is 350 g/mol. The fourth-order valence-electron chi connectivity index (χ4n) is 2.41. The van der Waals surface area contributed by atoms with Gasteiger partial charge in [0.15, 0.2) is 0 Å². The summed E-state index contributed by atoms with van der Waals surface area (Å²) in [5.41, 5.74) is 2.76. The molecule has 0 spiro atoms. The molecule has 0 saturated heterocycles. The third-order valence-corrected chi connectivity index (χ3v) is 6.82. The summed E-state index contributed by atoms with van der Waals surface area (Å²) in [5, 5.41) is 7.15. The number of likely N-dealkylation sites (N-methyl/N-ethyl adjacent to an activating group) is 1. The van der Waals surface area contributed by atoms with Crippen LogP contribution in [0.25, 0.3) is 10.1 Å². The van der Waals surface area contributed by atoms with Crippen LogP contribution in [0.4, 0.5) is 0 Å². The quantitative estimate of drug-likeness (QED) is 0.640. The number of benzene rings is 1. The summed E-state index contributed by atoms with van der Waals surface area (Å²) in [6, 6.07) is 11.3. The van der Waals surface area contributed by atoms with Crippen LogP contribution in [0, 0.1) is 6.92 Å². The SMILES string of the molecule is CNC(Cc1csc2ccccc12)c1cc(C)c(Br)s1. The molecule has 4 heteroatoms. The van der Waals surface area contributed by atoms with Gasteiger partial charge in [-0.2, -0.15) is 0 Å². The highest BCUT2D eigenvalue weighted by Crippen LogP contribution is 2.35. The molecular formula is C16H16BrNS2. The molecule has 0 amide bonds. The first-order valence-electron chi connectivity index (χ1n) is 6.57. The Hall–Kier alpha value is -0.680. The highest BCUT2D eigenvalue weighted by atomic mass is 79.9. The number of nitrogens with one attached hydrogen (secondary N) is 1. The summed E-state index contributed by atoms with van der Waals surface area (Å²) in [6.45, 7) is 2.15. The molecule has 3 rings (SSSR count). The molecule has 0 aliphatic rings. The Morgan fingerprint density at radius 3 is 2.80 bits per heavy atom. The lowest BCUT2D eigenvalue weighted by Crippen LogP contribution is -2.17. The van der Waals surface area contributed by atoms with Crippen molar-refractivity contribution in [1.29, 1.82) is 0 Å². The van der Waals surface area contributed by atoms with Crippen molar-refractivity contribution < 1.29 is 0 Å². The molecule has 1 unspecified atom stereocenters. The van der Waals surface area contributed by atoms with E-state index >= 15 is 0 Å². The van der Waals surface area contributed by atoms with E-state index in [0.717, 1.165) is 6.42 Å². The molecule has 1 nitrogen and oxygen atoms in total. The smallest absolute Gasteiger partial charge is 0.0731 e. The minimum absolute atomic E-state index is 0.378. The third-order valence-electron chi connectivity index (χ3n) is 3.55. The second-order valence-electron chi connectivity index (χ2n) is 4.91. The molecule has 20 heavy (non-hydrogen) atoms. The first kappa shape index (κ1) is 14.3. The predicted octanol–water partition coefficient (Wildman–Crippen LogP) is 5.54. The molecule has 3 aromatic rings. The van der Waals surface area contributed by atoms with Gasteiger partial charge < -0.3 is 5.32 Å². The van der Waals surface area contributed by atoms with Crippen LogP contribution in [0.3, 0.4) is 0 Å². The van der Waals surface area contributed by atoms with Gasteiger partial charge in [0, 0.05) is 15.6 Å². The van der Waals surface area contributed by atoms with E-state index in [1.165, 1.54) is 29.9 Å². The summed E-state index contributed by atoms with van der Waals surface area (Å²) in [7, 11) is 2.04. The number of halogens is 1. The monoisotopic (exact) mass is 365 g/mol. The van der Waals surface area contributed by atoms with E-state index in [0.29, 0.717) is 6.04 Å². The average molecular weight is 366 g/mol. The van der Waals surface area contributed by atoms with Gasteiger partial charge in [-0.25, -0.2) is 0 Å². The number of hydrogen-bond donors (Lipinski definition) is 1. The number of thiophene rings is 2. The molecule has 2 heterocycles. The van der Waals surface area contributed by atoms with Crippen molar-refractivity contribution in [3.05, 3.63) is 55.5 Å². The lowest BCUT2D eigenvalue weighted by Gasteiger charge is -2.14. The maximum absolute atomic E-state index is 3.62. The molecule has 0 bridgehead atoms. The Labute approximate surface area is 135 Å². The first-order valence-corrected chi connectivity index (χ1v) is 9.06. The summed E-state index contributed by atoms with van der Waals surface area (Å²) >= 11 is 7.29. The van der Waals surface area contributed by atoms with Crippen molar-refractivity contribution >= 4 is 48.7 Å². The van der Waals surface area contributed by atoms with Crippen LogP contribution >= 0.6 is 38.6 Å². The second-order valence-corrected chi connectivity index (χ2v) is 8.22. The largest absolute Gasteiger partial charge is 0.312 e. The zero-order valence-corrected chi connectivity index (χ0v) is 14.7. The number of hydrogen-bond acceptors (Lipinski definition) is 3. The molecule has 0 aliphatic carbocycles. The molecule has 0 saturated carbocycles. The number of fused-ring (bicyclic) bond motifs is 1. The minimum atomic E-state index is 0.378. The van der Waals surface area contributed by atoms with Crippen molar-refractivity contribution in [3.63, 3.8) is 0 Å². The zero-order chi connectivity index (χ0) is 14.1. The van der Waals surface area contributed by atoms with Gasteiger partial charge in [0.1, 0.15) is 0 Å².